The van der Waals surface area contributed by atoms with Gasteiger partial charge in [-0.15, -0.1) is 0 Å². The minimum atomic E-state index is 0.348. The van der Waals surface area contributed by atoms with Crippen molar-refractivity contribution in [2.75, 3.05) is 6.54 Å². The van der Waals surface area contributed by atoms with Crippen LogP contribution < -0.4 is 0 Å². The molecule has 1 N–H and O–H groups in total. The van der Waals surface area contributed by atoms with Gasteiger partial charge in [0.05, 0.1) is 0 Å². The van der Waals surface area contributed by atoms with Crippen molar-refractivity contribution in [1.82, 2.24) is 4.90 Å². The molecule has 1 aromatic rings. The Morgan fingerprint density at radius 2 is 1.68 bits per heavy atom. The van der Waals surface area contributed by atoms with Gasteiger partial charge in [-0.25, -0.2) is 0 Å². The lowest BCUT2D eigenvalue weighted by Crippen LogP contribution is -2.41. The average Bonchev–Trinajstić information content (AvgIpc) is 2.41. The second kappa shape index (κ2) is 8.21. The lowest BCUT2D eigenvalue weighted by Gasteiger charge is -2.34. The van der Waals surface area contributed by atoms with Gasteiger partial charge in [0.25, 0.3) is 0 Å². The monoisotopic (exact) mass is 263 g/mol. The molecule has 0 heterocycles. The number of hydrogen-bond donors (Lipinski definition) is 1. The maximum absolute atomic E-state index is 9.33. The van der Waals surface area contributed by atoms with Crippen LogP contribution in [0.5, 0.6) is 5.75 Å². The summed E-state index contributed by atoms with van der Waals surface area (Å²) in [6.45, 7) is 10.3. The maximum atomic E-state index is 9.33. The third-order valence-corrected chi connectivity index (χ3v) is 3.96. The molecule has 0 bridgehead atoms. The van der Waals surface area contributed by atoms with Crippen molar-refractivity contribution in [3.63, 3.8) is 0 Å². The first-order valence-corrected chi connectivity index (χ1v) is 7.62. The molecule has 2 heteroatoms. The number of rotatable bonds is 8. The summed E-state index contributed by atoms with van der Waals surface area (Å²) in [5.41, 5.74) is 1.30. The zero-order chi connectivity index (χ0) is 14.3. The Morgan fingerprint density at radius 3 is 2.21 bits per heavy atom. The maximum Gasteiger partial charge on any atom is 0.115 e. The first-order valence-electron chi connectivity index (χ1n) is 7.62. The van der Waals surface area contributed by atoms with Crippen molar-refractivity contribution in [3.05, 3.63) is 29.8 Å². The third kappa shape index (κ3) is 5.23. The topological polar surface area (TPSA) is 23.5 Å². The number of aromatic hydroxyl groups is 1. The predicted octanol–water partition coefficient (Wildman–Crippen LogP) is 4.22. The number of unbranched alkanes of at least 4 members (excludes halogenated alkanes) is 1. The van der Waals surface area contributed by atoms with Gasteiger partial charge in [-0.2, -0.15) is 0 Å². The lowest BCUT2D eigenvalue weighted by atomic mass is 10.0. The summed E-state index contributed by atoms with van der Waals surface area (Å²) < 4.78 is 0. The minimum absolute atomic E-state index is 0.348. The van der Waals surface area contributed by atoms with Crippen LogP contribution in [0.25, 0.3) is 0 Å². The van der Waals surface area contributed by atoms with Crippen LogP contribution in [-0.2, 0) is 6.42 Å². The fourth-order valence-electron chi connectivity index (χ4n) is 2.54. The fourth-order valence-corrected chi connectivity index (χ4v) is 2.54. The molecule has 0 fully saturated rings. The molecule has 0 aliphatic carbocycles. The summed E-state index contributed by atoms with van der Waals surface area (Å²) in [7, 11) is 0. The summed E-state index contributed by atoms with van der Waals surface area (Å²) in [6, 6.07) is 8.80. The summed E-state index contributed by atoms with van der Waals surface area (Å²) in [5, 5.41) is 9.33. The van der Waals surface area contributed by atoms with E-state index in [0.717, 1.165) is 6.42 Å². The first-order chi connectivity index (χ1) is 9.08. The number of phenols is 1. The molecule has 2 nitrogen and oxygen atoms in total. The average molecular weight is 263 g/mol. The van der Waals surface area contributed by atoms with E-state index in [1.165, 1.54) is 31.4 Å². The molecule has 0 spiro atoms. The molecule has 0 aliphatic rings. The number of phenolic OH excluding ortho intramolecular Hbond substituents is 1. The van der Waals surface area contributed by atoms with Gasteiger partial charge in [0.2, 0.25) is 0 Å². The fraction of sp³-hybridized carbons (Fsp3) is 0.647. The molecule has 2 unspecified atom stereocenters. The van der Waals surface area contributed by atoms with E-state index in [0.29, 0.717) is 17.8 Å². The molecule has 0 saturated carbocycles. The van der Waals surface area contributed by atoms with Crippen LogP contribution in [0.15, 0.2) is 24.3 Å². The van der Waals surface area contributed by atoms with Crippen LogP contribution >= 0.6 is 0 Å². The molecule has 1 aromatic carbocycles. The van der Waals surface area contributed by atoms with Gasteiger partial charge >= 0.3 is 0 Å². The Hall–Kier alpha value is -1.02. The van der Waals surface area contributed by atoms with Crippen LogP contribution in [0.2, 0.25) is 0 Å². The number of nitrogens with zero attached hydrogens (tertiary/aromatic N) is 1. The zero-order valence-electron chi connectivity index (χ0n) is 12.9. The SMILES string of the molecule is CCCCN(C(C)CC)C(C)Cc1ccc(O)cc1. The molecule has 0 amide bonds. The third-order valence-electron chi connectivity index (χ3n) is 3.96. The normalized spacial score (nSPS) is 14.6. The van der Waals surface area contributed by atoms with Gasteiger partial charge in [0, 0.05) is 12.1 Å². The Balaban J connectivity index is 2.64. The summed E-state index contributed by atoms with van der Waals surface area (Å²) >= 11 is 0. The Morgan fingerprint density at radius 1 is 1.05 bits per heavy atom. The van der Waals surface area contributed by atoms with Crippen LogP contribution in [0.4, 0.5) is 0 Å². The molecule has 19 heavy (non-hydrogen) atoms. The highest BCUT2D eigenvalue weighted by Crippen LogP contribution is 2.17. The van der Waals surface area contributed by atoms with Crippen molar-refractivity contribution in [2.45, 2.75) is 65.5 Å². The summed E-state index contributed by atoms with van der Waals surface area (Å²) in [5.74, 6) is 0.348. The van der Waals surface area contributed by atoms with Gasteiger partial charge in [-0.3, -0.25) is 4.90 Å². The molecule has 0 aromatic heterocycles. The van der Waals surface area contributed by atoms with E-state index in [4.69, 9.17) is 0 Å². The molecule has 0 radical (unpaired) electrons. The van der Waals surface area contributed by atoms with E-state index in [2.05, 4.69) is 32.6 Å². The standard InChI is InChI=1S/C17H29NO/c1-5-7-12-18(14(3)6-2)15(4)13-16-8-10-17(19)11-9-16/h8-11,14-15,19H,5-7,12-13H2,1-4H3. The van der Waals surface area contributed by atoms with Crippen molar-refractivity contribution < 1.29 is 5.11 Å². The summed E-state index contributed by atoms with van der Waals surface area (Å²) in [4.78, 5) is 2.62. The molecule has 0 aliphatic heterocycles. The molecular formula is C17H29NO. The van der Waals surface area contributed by atoms with Crippen molar-refractivity contribution >= 4 is 0 Å². The van der Waals surface area contributed by atoms with E-state index < -0.39 is 0 Å². The molecule has 2 atom stereocenters. The van der Waals surface area contributed by atoms with Crippen molar-refractivity contribution in [3.8, 4) is 5.75 Å². The minimum Gasteiger partial charge on any atom is -0.508 e. The van der Waals surface area contributed by atoms with Crippen LogP contribution in [0.3, 0.4) is 0 Å². The van der Waals surface area contributed by atoms with Crippen molar-refractivity contribution in [1.29, 1.82) is 0 Å². The Bertz CT molecular complexity index is 347. The van der Waals surface area contributed by atoms with Crippen LogP contribution in [0, 0.1) is 0 Å². The van der Waals surface area contributed by atoms with Crippen LogP contribution in [0.1, 0.15) is 52.5 Å². The van der Waals surface area contributed by atoms with E-state index in [-0.39, 0.29) is 0 Å². The van der Waals surface area contributed by atoms with Gasteiger partial charge in [0.15, 0.2) is 0 Å². The zero-order valence-corrected chi connectivity index (χ0v) is 12.9. The van der Waals surface area contributed by atoms with Gasteiger partial charge in [-0.05, 0) is 57.4 Å². The van der Waals surface area contributed by atoms with E-state index in [1.54, 1.807) is 12.1 Å². The van der Waals surface area contributed by atoms with E-state index >= 15 is 0 Å². The predicted molar refractivity (Wildman–Crippen MR) is 82.6 cm³/mol. The molecular weight excluding hydrogens is 234 g/mol. The Kier molecular flexibility index (Phi) is 6.93. The summed E-state index contributed by atoms with van der Waals surface area (Å²) in [6.07, 6.45) is 4.76. The Labute approximate surface area is 118 Å². The second-order valence-corrected chi connectivity index (χ2v) is 5.57. The van der Waals surface area contributed by atoms with Crippen molar-refractivity contribution in [2.24, 2.45) is 0 Å². The lowest BCUT2D eigenvalue weighted by molar-refractivity contribution is 0.146. The highest BCUT2D eigenvalue weighted by molar-refractivity contribution is 5.26. The second-order valence-electron chi connectivity index (χ2n) is 5.57. The smallest absolute Gasteiger partial charge is 0.115 e. The quantitative estimate of drug-likeness (QED) is 0.759. The van der Waals surface area contributed by atoms with E-state index in [1.807, 2.05) is 12.1 Å². The van der Waals surface area contributed by atoms with Gasteiger partial charge < -0.3 is 5.11 Å². The number of benzene rings is 1. The molecule has 108 valence electrons. The first kappa shape index (κ1) is 16.0. The number of hydrogen-bond acceptors (Lipinski definition) is 2. The molecule has 0 saturated heterocycles. The van der Waals surface area contributed by atoms with Crippen LogP contribution in [-0.4, -0.2) is 28.6 Å². The van der Waals surface area contributed by atoms with Gasteiger partial charge in [0.1, 0.15) is 5.75 Å². The largest absolute Gasteiger partial charge is 0.508 e. The highest BCUT2D eigenvalue weighted by Gasteiger charge is 2.18. The highest BCUT2D eigenvalue weighted by atomic mass is 16.3. The van der Waals surface area contributed by atoms with Gasteiger partial charge in [-0.1, -0.05) is 32.4 Å². The van der Waals surface area contributed by atoms with E-state index in [9.17, 15) is 5.11 Å². The molecule has 1 rings (SSSR count).